The molecule has 3 aromatic rings. The van der Waals surface area contributed by atoms with Crippen molar-refractivity contribution in [2.75, 3.05) is 5.32 Å². The van der Waals surface area contributed by atoms with E-state index in [4.69, 9.17) is 0 Å². The second-order valence-corrected chi connectivity index (χ2v) is 6.64. The highest BCUT2D eigenvalue weighted by atomic mass is 16.2. The lowest BCUT2D eigenvalue weighted by Crippen LogP contribution is -2.43. The van der Waals surface area contributed by atoms with Crippen LogP contribution in [0, 0.1) is 13.8 Å². The number of para-hydroxylation sites is 1. The van der Waals surface area contributed by atoms with E-state index in [0.29, 0.717) is 11.4 Å². The number of nitrogens with zero attached hydrogens (tertiary/aromatic N) is 3. The van der Waals surface area contributed by atoms with Gasteiger partial charge in [-0.05, 0) is 31.5 Å². The molecule has 0 fully saturated rings. The maximum absolute atomic E-state index is 12.9. The van der Waals surface area contributed by atoms with Crippen LogP contribution < -0.4 is 15.4 Å². The summed E-state index contributed by atoms with van der Waals surface area (Å²) in [5.41, 5.74) is 3.70. The topological polar surface area (TPSA) is 59.9 Å². The van der Waals surface area contributed by atoms with Gasteiger partial charge in [0, 0.05) is 25.6 Å². The quantitative estimate of drug-likeness (QED) is 0.705. The normalized spacial score (nSPS) is 10.8. The van der Waals surface area contributed by atoms with Gasteiger partial charge in [-0.2, -0.15) is 4.57 Å². The molecule has 0 atom stereocenters. The molecule has 0 bridgehead atoms. The number of nitrogens with one attached hydrogen (secondary N) is 1. The van der Waals surface area contributed by atoms with Gasteiger partial charge in [0.2, 0.25) is 6.54 Å². The number of aromatic nitrogens is 3. The summed E-state index contributed by atoms with van der Waals surface area (Å²) < 4.78 is 5.21. The van der Waals surface area contributed by atoms with E-state index < -0.39 is 0 Å². The fourth-order valence-electron chi connectivity index (χ4n) is 3.09. The molecule has 1 aromatic carbocycles. The Labute approximate surface area is 158 Å². The first-order valence-corrected chi connectivity index (χ1v) is 9.05. The second kappa shape index (κ2) is 7.61. The molecule has 3 rings (SSSR count). The van der Waals surface area contributed by atoms with Crippen LogP contribution in [0.5, 0.6) is 0 Å². The molecule has 0 radical (unpaired) electrons. The molecule has 1 N–H and O–H groups in total. The number of rotatable bonds is 5. The van der Waals surface area contributed by atoms with Crippen molar-refractivity contribution in [2.24, 2.45) is 7.05 Å². The zero-order valence-electron chi connectivity index (χ0n) is 16.2. The van der Waals surface area contributed by atoms with Crippen molar-refractivity contribution in [3.63, 3.8) is 0 Å². The average Bonchev–Trinajstić information content (AvgIpc) is 2.87. The van der Waals surface area contributed by atoms with Crippen LogP contribution in [-0.2, 0) is 24.8 Å². The summed E-state index contributed by atoms with van der Waals surface area (Å²) in [5.74, 6) is -0.220. The first-order chi connectivity index (χ1) is 12.9. The van der Waals surface area contributed by atoms with E-state index in [1.54, 1.807) is 9.36 Å². The summed E-state index contributed by atoms with van der Waals surface area (Å²) in [6.45, 7) is 6.03. The number of amides is 1. The molecular weight excluding hydrogens is 340 g/mol. The Morgan fingerprint density at radius 3 is 2.48 bits per heavy atom. The third-order valence-corrected chi connectivity index (χ3v) is 4.85. The molecule has 0 aliphatic heterocycles. The minimum atomic E-state index is -0.237. The fraction of sp³-hybridized carbons (Fsp3) is 0.286. The van der Waals surface area contributed by atoms with Gasteiger partial charge >= 0.3 is 0 Å². The Balaban J connectivity index is 1.88. The summed E-state index contributed by atoms with van der Waals surface area (Å²) >= 11 is 0. The molecule has 0 aliphatic carbocycles. The van der Waals surface area contributed by atoms with Crippen LogP contribution in [0.4, 0.5) is 5.69 Å². The molecule has 6 heteroatoms. The van der Waals surface area contributed by atoms with Gasteiger partial charge in [-0.25, -0.2) is 4.68 Å². The fourth-order valence-corrected chi connectivity index (χ4v) is 3.09. The summed E-state index contributed by atoms with van der Waals surface area (Å²) in [5, 5.41) is 2.81. The zero-order chi connectivity index (χ0) is 19.6. The predicted molar refractivity (Wildman–Crippen MR) is 105 cm³/mol. The first kappa shape index (κ1) is 18.6. The van der Waals surface area contributed by atoms with E-state index >= 15 is 0 Å². The lowest BCUT2D eigenvalue weighted by molar-refractivity contribution is -0.690. The zero-order valence-corrected chi connectivity index (χ0v) is 16.2. The van der Waals surface area contributed by atoms with E-state index in [1.165, 1.54) is 0 Å². The molecule has 0 saturated heterocycles. The van der Waals surface area contributed by atoms with Crippen LogP contribution in [0.25, 0.3) is 5.69 Å². The number of carbonyl (C=O) groups is 1. The minimum Gasteiger partial charge on any atom is -0.314 e. The molecular formula is C21H25N4O2+. The predicted octanol–water partition coefficient (Wildman–Crippen LogP) is 2.28. The maximum atomic E-state index is 12.9. The van der Waals surface area contributed by atoms with Crippen LogP contribution in [0.1, 0.15) is 23.9 Å². The molecule has 2 heterocycles. The van der Waals surface area contributed by atoms with Gasteiger partial charge < -0.3 is 5.32 Å². The Morgan fingerprint density at radius 1 is 1.11 bits per heavy atom. The van der Waals surface area contributed by atoms with Crippen molar-refractivity contribution in [3.8, 4) is 5.69 Å². The molecule has 0 aliphatic rings. The second-order valence-electron chi connectivity index (χ2n) is 6.64. The molecule has 140 valence electrons. The third kappa shape index (κ3) is 3.69. The summed E-state index contributed by atoms with van der Waals surface area (Å²) in [6.07, 6.45) is 2.89. The van der Waals surface area contributed by atoms with Crippen LogP contribution in [0.2, 0.25) is 0 Å². The van der Waals surface area contributed by atoms with E-state index in [-0.39, 0.29) is 18.0 Å². The van der Waals surface area contributed by atoms with E-state index in [2.05, 4.69) is 18.3 Å². The lowest BCUT2D eigenvalue weighted by atomic mass is 10.2. The van der Waals surface area contributed by atoms with Gasteiger partial charge in [0.1, 0.15) is 5.69 Å². The molecule has 0 unspecified atom stereocenters. The third-order valence-electron chi connectivity index (χ3n) is 4.85. The van der Waals surface area contributed by atoms with Gasteiger partial charge in [0.15, 0.2) is 11.9 Å². The number of carbonyl (C=O) groups excluding carboxylic acids is 1. The van der Waals surface area contributed by atoms with Crippen molar-refractivity contribution < 1.29 is 9.36 Å². The number of hydrogen-bond acceptors (Lipinski definition) is 2. The SMILES string of the molecule is CCc1ccc(C)[n+](CC(=O)Nc2c(C)n(C)n(-c3ccccc3)c2=O)c1. The Morgan fingerprint density at radius 2 is 1.81 bits per heavy atom. The molecule has 2 aromatic heterocycles. The van der Waals surface area contributed by atoms with Gasteiger partial charge in [-0.15, -0.1) is 0 Å². The smallest absolute Gasteiger partial charge is 0.295 e. The van der Waals surface area contributed by atoms with E-state index in [0.717, 1.165) is 23.4 Å². The van der Waals surface area contributed by atoms with Crippen molar-refractivity contribution >= 4 is 11.6 Å². The van der Waals surface area contributed by atoms with Gasteiger partial charge in [-0.3, -0.25) is 14.3 Å². The summed E-state index contributed by atoms with van der Waals surface area (Å²) in [7, 11) is 1.81. The number of aryl methyl sites for hydroxylation is 2. The number of benzene rings is 1. The molecule has 27 heavy (non-hydrogen) atoms. The molecule has 0 spiro atoms. The van der Waals surface area contributed by atoms with Crippen LogP contribution in [0.3, 0.4) is 0 Å². The van der Waals surface area contributed by atoms with Crippen LogP contribution >= 0.6 is 0 Å². The van der Waals surface area contributed by atoms with Gasteiger partial charge in [0.05, 0.1) is 11.4 Å². The molecule has 0 saturated carbocycles. The van der Waals surface area contributed by atoms with Crippen molar-refractivity contribution in [1.29, 1.82) is 0 Å². The average molecular weight is 365 g/mol. The number of pyridine rings is 1. The van der Waals surface area contributed by atoms with E-state index in [9.17, 15) is 9.59 Å². The Kier molecular flexibility index (Phi) is 5.26. The number of hydrogen-bond donors (Lipinski definition) is 1. The Bertz CT molecular complexity index is 1030. The standard InChI is InChI=1S/C21H24N4O2/c1-5-17-12-11-15(2)24(13-17)14-19(26)22-20-16(3)23(4)25(21(20)27)18-9-7-6-8-10-18/h6-13H,5,14H2,1-4H3/p+1. The van der Waals surface area contributed by atoms with Crippen molar-refractivity contribution in [1.82, 2.24) is 9.36 Å². The highest BCUT2D eigenvalue weighted by Crippen LogP contribution is 2.13. The lowest BCUT2D eigenvalue weighted by Gasteiger charge is -2.07. The first-order valence-electron chi connectivity index (χ1n) is 9.05. The van der Waals surface area contributed by atoms with Gasteiger partial charge in [0.25, 0.3) is 11.5 Å². The monoisotopic (exact) mass is 365 g/mol. The molecule has 1 amide bonds. The molecule has 6 nitrogen and oxygen atoms in total. The Hall–Kier alpha value is -3.15. The highest BCUT2D eigenvalue weighted by Gasteiger charge is 2.20. The summed E-state index contributed by atoms with van der Waals surface area (Å²) in [4.78, 5) is 25.5. The van der Waals surface area contributed by atoms with E-state index in [1.807, 2.05) is 68.1 Å². The summed E-state index contributed by atoms with van der Waals surface area (Å²) in [6, 6.07) is 13.4. The van der Waals surface area contributed by atoms with Crippen molar-refractivity contribution in [2.45, 2.75) is 33.7 Å². The minimum absolute atomic E-state index is 0.165. The van der Waals surface area contributed by atoms with Gasteiger partial charge in [-0.1, -0.05) is 25.1 Å². The van der Waals surface area contributed by atoms with Crippen LogP contribution in [-0.4, -0.2) is 15.3 Å². The van der Waals surface area contributed by atoms with Crippen molar-refractivity contribution in [3.05, 3.63) is 76.0 Å². The number of anilines is 1. The maximum Gasteiger partial charge on any atom is 0.295 e. The highest BCUT2D eigenvalue weighted by molar-refractivity contribution is 5.90. The largest absolute Gasteiger partial charge is 0.314 e. The van der Waals surface area contributed by atoms with Crippen LogP contribution in [0.15, 0.2) is 53.5 Å².